The van der Waals surface area contributed by atoms with Gasteiger partial charge in [0.25, 0.3) is 0 Å². The van der Waals surface area contributed by atoms with E-state index >= 15 is 0 Å². The Labute approximate surface area is 173 Å². The number of benzene rings is 1. The van der Waals surface area contributed by atoms with E-state index in [1.54, 1.807) is 4.90 Å². The molecule has 5 heteroatoms. The Morgan fingerprint density at radius 3 is 2.41 bits per heavy atom. The Balaban J connectivity index is 1.42. The van der Waals surface area contributed by atoms with Crippen molar-refractivity contribution in [2.75, 3.05) is 6.54 Å². The third-order valence-electron chi connectivity index (χ3n) is 6.24. The Bertz CT molecular complexity index is 869. The number of hydrogen-bond acceptors (Lipinski definition) is 2. The molecule has 0 unspecified atom stereocenters. The summed E-state index contributed by atoms with van der Waals surface area (Å²) in [5.74, 6) is 0.488. The zero-order chi connectivity index (χ0) is 20.5. The van der Waals surface area contributed by atoms with Gasteiger partial charge in [0.2, 0.25) is 11.8 Å². The van der Waals surface area contributed by atoms with Crippen LogP contribution < -0.4 is 0 Å². The first-order valence-corrected chi connectivity index (χ1v) is 10.7. The van der Waals surface area contributed by atoms with Gasteiger partial charge in [-0.05, 0) is 56.7 Å². The maximum absolute atomic E-state index is 13.2. The minimum Gasteiger partial charge on any atom is -0.353 e. The molecule has 1 aromatic carbocycles. The van der Waals surface area contributed by atoms with E-state index in [9.17, 15) is 9.59 Å². The first kappa shape index (κ1) is 19.7. The summed E-state index contributed by atoms with van der Waals surface area (Å²) in [6, 6.07) is 14.6. The highest BCUT2D eigenvalue weighted by Gasteiger charge is 2.46. The van der Waals surface area contributed by atoms with Crippen molar-refractivity contribution in [2.45, 2.75) is 57.7 Å². The molecule has 0 saturated heterocycles. The quantitative estimate of drug-likeness (QED) is 0.688. The second-order valence-electron chi connectivity index (χ2n) is 8.78. The van der Waals surface area contributed by atoms with Crippen LogP contribution in [-0.2, 0) is 23.2 Å². The summed E-state index contributed by atoms with van der Waals surface area (Å²) < 4.78 is 2.06. The van der Waals surface area contributed by atoms with Crippen molar-refractivity contribution < 1.29 is 9.59 Å². The lowest BCUT2D eigenvalue weighted by Crippen LogP contribution is -2.47. The van der Waals surface area contributed by atoms with Crippen molar-refractivity contribution in [3.63, 3.8) is 0 Å². The zero-order valence-electron chi connectivity index (χ0n) is 17.6. The van der Waals surface area contributed by atoms with Gasteiger partial charge in [0.1, 0.15) is 6.54 Å². The van der Waals surface area contributed by atoms with Crippen LogP contribution in [0.25, 0.3) is 0 Å². The van der Waals surface area contributed by atoms with Crippen LogP contribution in [0.3, 0.4) is 0 Å². The summed E-state index contributed by atoms with van der Waals surface area (Å²) in [7, 11) is 2.01. The molecule has 2 fully saturated rings. The van der Waals surface area contributed by atoms with Gasteiger partial charge >= 0.3 is 0 Å². The number of nitrogens with zero attached hydrogens (tertiary/aromatic N) is 3. The van der Waals surface area contributed by atoms with Crippen molar-refractivity contribution in [2.24, 2.45) is 13.0 Å². The predicted molar refractivity (Wildman–Crippen MR) is 113 cm³/mol. The number of aryl methyl sites for hydroxylation is 1. The van der Waals surface area contributed by atoms with Crippen LogP contribution in [0.15, 0.2) is 48.7 Å². The molecule has 2 atom stereocenters. The fourth-order valence-electron chi connectivity index (χ4n) is 4.14. The first-order valence-electron chi connectivity index (χ1n) is 10.7. The molecule has 5 nitrogen and oxygen atoms in total. The molecule has 2 aliphatic carbocycles. The Kier molecular flexibility index (Phi) is 5.48. The van der Waals surface area contributed by atoms with Gasteiger partial charge in [-0.25, -0.2) is 0 Å². The smallest absolute Gasteiger partial charge is 0.242 e. The summed E-state index contributed by atoms with van der Waals surface area (Å²) in [5.41, 5.74) is 2.35. The van der Waals surface area contributed by atoms with Gasteiger partial charge in [-0.15, -0.1) is 0 Å². The number of amides is 2. The maximum Gasteiger partial charge on any atom is 0.242 e. The monoisotopic (exact) mass is 393 g/mol. The van der Waals surface area contributed by atoms with Gasteiger partial charge in [0.15, 0.2) is 0 Å². The Morgan fingerprint density at radius 2 is 1.83 bits per heavy atom. The second-order valence-corrected chi connectivity index (χ2v) is 8.78. The molecule has 2 saturated carbocycles. The average Bonchev–Trinajstić information content (AvgIpc) is 3.63. The highest BCUT2D eigenvalue weighted by atomic mass is 16.2. The normalized spacial score (nSPS) is 20.6. The number of carbonyl (C=O) groups excluding carboxylic acids is 2. The highest BCUT2D eigenvalue weighted by Crippen LogP contribution is 2.48. The summed E-state index contributed by atoms with van der Waals surface area (Å²) in [6.45, 7) is 4.80. The van der Waals surface area contributed by atoms with Crippen molar-refractivity contribution in [3.8, 4) is 0 Å². The van der Waals surface area contributed by atoms with Gasteiger partial charge in [-0.3, -0.25) is 9.59 Å². The summed E-state index contributed by atoms with van der Waals surface area (Å²) in [5, 5.41) is 0. The first-order chi connectivity index (χ1) is 14.0. The minimum absolute atomic E-state index is 0.00912. The van der Waals surface area contributed by atoms with Gasteiger partial charge in [0.05, 0.1) is 6.54 Å². The van der Waals surface area contributed by atoms with Crippen molar-refractivity contribution in [3.05, 3.63) is 59.9 Å². The van der Waals surface area contributed by atoms with Gasteiger partial charge < -0.3 is 14.4 Å². The number of carbonyl (C=O) groups is 2. The molecule has 2 aliphatic rings. The molecule has 1 heterocycles. The lowest BCUT2D eigenvalue weighted by molar-refractivity contribution is -0.143. The summed E-state index contributed by atoms with van der Waals surface area (Å²) in [6.07, 6.45) is 5.01. The number of rotatable bonds is 8. The molecular formula is C24H31N3O2. The van der Waals surface area contributed by atoms with Crippen LogP contribution in [-0.4, -0.2) is 44.8 Å². The van der Waals surface area contributed by atoms with Gasteiger partial charge in [-0.1, -0.05) is 30.3 Å². The Morgan fingerprint density at radius 1 is 1.10 bits per heavy atom. The van der Waals surface area contributed by atoms with E-state index in [1.165, 1.54) is 5.56 Å². The predicted octanol–water partition coefficient (Wildman–Crippen LogP) is 3.56. The van der Waals surface area contributed by atoms with E-state index in [0.29, 0.717) is 18.5 Å². The average molecular weight is 394 g/mol. The molecular weight excluding hydrogens is 362 g/mol. The van der Waals surface area contributed by atoms with E-state index < -0.39 is 0 Å². The lowest BCUT2D eigenvalue weighted by Gasteiger charge is -2.30. The SMILES string of the molecule is CC(C)N(CC(=O)N(Cc1cccn1C)C1CC1)C(=O)[C@@H]1C[C@H]1c1ccccc1. The number of aromatic nitrogens is 1. The van der Waals surface area contributed by atoms with Crippen LogP contribution in [0.4, 0.5) is 0 Å². The van der Waals surface area contributed by atoms with Gasteiger partial charge in [-0.2, -0.15) is 0 Å². The maximum atomic E-state index is 13.2. The third-order valence-corrected chi connectivity index (χ3v) is 6.24. The minimum atomic E-state index is 0.00912. The van der Waals surface area contributed by atoms with E-state index in [1.807, 2.05) is 56.3 Å². The van der Waals surface area contributed by atoms with Crippen LogP contribution in [0.1, 0.15) is 50.3 Å². The fourth-order valence-corrected chi connectivity index (χ4v) is 4.14. The van der Waals surface area contributed by atoms with Crippen molar-refractivity contribution in [1.82, 2.24) is 14.4 Å². The molecule has 0 N–H and O–H groups in total. The third kappa shape index (κ3) is 4.39. The van der Waals surface area contributed by atoms with E-state index in [2.05, 4.69) is 22.8 Å². The number of hydrogen-bond donors (Lipinski definition) is 0. The van der Waals surface area contributed by atoms with Crippen LogP contribution in [0.2, 0.25) is 0 Å². The van der Waals surface area contributed by atoms with Crippen molar-refractivity contribution >= 4 is 11.8 Å². The molecule has 4 rings (SSSR count). The van der Waals surface area contributed by atoms with Gasteiger partial charge in [0, 0.05) is 36.9 Å². The van der Waals surface area contributed by atoms with E-state index in [-0.39, 0.29) is 30.3 Å². The van der Waals surface area contributed by atoms with Crippen LogP contribution in [0, 0.1) is 5.92 Å². The molecule has 0 bridgehead atoms. The summed E-state index contributed by atoms with van der Waals surface area (Å²) >= 11 is 0. The molecule has 1 aromatic heterocycles. The molecule has 0 aliphatic heterocycles. The standard InChI is InChI=1S/C24H31N3O2/c1-17(2)26(24(29)22-14-21(22)18-8-5-4-6-9-18)16-23(28)27(19-11-12-19)15-20-10-7-13-25(20)3/h4-10,13,17,19,21-22H,11-12,14-16H2,1-3H3/t21-,22+/m0/s1. The molecule has 29 heavy (non-hydrogen) atoms. The topological polar surface area (TPSA) is 45.6 Å². The highest BCUT2D eigenvalue weighted by molar-refractivity contribution is 5.88. The molecule has 0 spiro atoms. The molecule has 0 radical (unpaired) electrons. The van der Waals surface area contributed by atoms with E-state index in [4.69, 9.17) is 0 Å². The zero-order valence-corrected chi connectivity index (χ0v) is 17.6. The molecule has 2 amide bonds. The molecule has 2 aromatic rings. The fraction of sp³-hybridized carbons (Fsp3) is 0.500. The molecule has 154 valence electrons. The summed E-state index contributed by atoms with van der Waals surface area (Å²) in [4.78, 5) is 30.2. The lowest BCUT2D eigenvalue weighted by atomic mass is 10.1. The van der Waals surface area contributed by atoms with E-state index in [0.717, 1.165) is 25.0 Å². The second kappa shape index (κ2) is 8.05. The van der Waals surface area contributed by atoms with Crippen LogP contribution in [0.5, 0.6) is 0 Å². The largest absolute Gasteiger partial charge is 0.353 e. The van der Waals surface area contributed by atoms with Crippen LogP contribution >= 0.6 is 0 Å². The Hall–Kier alpha value is -2.56. The van der Waals surface area contributed by atoms with Crippen molar-refractivity contribution in [1.29, 1.82) is 0 Å².